The molecule has 1 atom stereocenters. The molecule has 0 bridgehead atoms. The Balaban J connectivity index is 2.14. The molecule has 0 amide bonds. The lowest BCUT2D eigenvalue weighted by Crippen LogP contribution is -2.23. The van der Waals surface area contributed by atoms with Crippen LogP contribution in [0.2, 0.25) is 0 Å². The van der Waals surface area contributed by atoms with Gasteiger partial charge in [0, 0.05) is 6.04 Å². The van der Waals surface area contributed by atoms with Gasteiger partial charge in [0.05, 0.1) is 6.54 Å². The lowest BCUT2D eigenvalue weighted by molar-refractivity contribution is 0.619. The van der Waals surface area contributed by atoms with Crippen LogP contribution < -0.4 is 5.32 Å². The first kappa shape index (κ1) is 5.76. The van der Waals surface area contributed by atoms with Gasteiger partial charge in [0.15, 0.2) is 0 Å². The van der Waals surface area contributed by atoms with E-state index in [2.05, 4.69) is 17.0 Å². The van der Waals surface area contributed by atoms with Gasteiger partial charge < -0.3 is 5.32 Å². The van der Waals surface area contributed by atoms with Crippen LogP contribution in [0.1, 0.15) is 12.8 Å². The smallest absolute Gasteiger partial charge is 0.0535 e. The summed E-state index contributed by atoms with van der Waals surface area (Å²) in [7, 11) is 0. The summed E-state index contributed by atoms with van der Waals surface area (Å²) in [5.41, 5.74) is 0. The van der Waals surface area contributed by atoms with Gasteiger partial charge in [-0.3, -0.25) is 4.99 Å². The van der Waals surface area contributed by atoms with Gasteiger partial charge in [-0.15, -0.1) is 0 Å². The monoisotopic (exact) mass is 112 g/mol. The molecule has 1 N–H and O–H groups in total. The third kappa shape index (κ3) is 1.30. The molecule has 0 aromatic carbocycles. The van der Waals surface area contributed by atoms with E-state index in [0.717, 1.165) is 6.54 Å². The Morgan fingerprint density at radius 2 is 2.62 bits per heavy atom. The van der Waals surface area contributed by atoms with Gasteiger partial charge in [-0.1, -0.05) is 0 Å². The molecule has 1 fully saturated rings. The van der Waals surface area contributed by atoms with E-state index in [1.807, 2.05) is 0 Å². The first-order valence-corrected chi connectivity index (χ1v) is 3.09. The molecule has 8 heavy (non-hydrogen) atoms. The molecule has 0 aromatic heterocycles. The van der Waals surface area contributed by atoms with Crippen molar-refractivity contribution in [2.24, 2.45) is 4.99 Å². The van der Waals surface area contributed by atoms with E-state index in [4.69, 9.17) is 0 Å². The molecule has 1 aliphatic heterocycles. The van der Waals surface area contributed by atoms with Gasteiger partial charge in [-0.25, -0.2) is 0 Å². The lowest BCUT2D eigenvalue weighted by Gasteiger charge is -2.02. The molecule has 2 nitrogen and oxygen atoms in total. The van der Waals surface area contributed by atoms with Crippen molar-refractivity contribution in [3.05, 3.63) is 0 Å². The van der Waals surface area contributed by atoms with Crippen LogP contribution in [0.5, 0.6) is 0 Å². The maximum Gasteiger partial charge on any atom is 0.0535 e. The summed E-state index contributed by atoms with van der Waals surface area (Å²) < 4.78 is 0. The third-order valence-corrected chi connectivity index (χ3v) is 1.51. The minimum atomic E-state index is 0.632. The Bertz CT molecular complexity index is 74.6. The van der Waals surface area contributed by atoms with Crippen LogP contribution in [0.15, 0.2) is 4.99 Å². The van der Waals surface area contributed by atoms with Crippen LogP contribution in [-0.2, 0) is 0 Å². The fourth-order valence-corrected chi connectivity index (χ4v) is 1.07. The minimum absolute atomic E-state index is 0.632. The van der Waals surface area contributed by atoms with E-state index in [-0.39, 0.29) is 0 Å². The summed E-state index contributed by atoms with van der Waals surface area (Å²) in [6, 6.07) is 0.632. The van der Waals surface area contributed by atoms with E-state index in [1.54, 1.807) is 0 Å². The van der Waals surface area contributed by atoms with Gasteiger partial charge in [-0.2, -0.15) is 0 Å². The zero-order valence-corrected chi connectivity index (χ0v) is 5.06. The van der Waals surface area contributed by atoms with E-state index < -0.39 is 0 Å². The number of hydrogen-bond acceptors (Lipinski definition) is 2. The number of nitrogens with zero attached hydrogens (tertiary/aromatic N) is 1. The maximum absolute atomic E-state index is 3.81. The number of aliphatic imine (C=N–C) groups is 1. The molecule has 46 valence electrons. The summed E-state index contributed by atoms with van der Waals surface area (Å²) >= 11 is 0. The summed E-state index contributed by atoms with van der Waals surface area (Å²) in [5.74, 6) is 0. The Hall–Kier alpha value is -0.370. The minimum Gasteiger partial charge on any atom is -0.312 e. The average Bonchev–Trinajstić information content (AvgIpc) is 2.19. The Morgan fingerprint density at radius 1 is 1.75 bits per heavy atom. The molecule has 1 rings (SSSR count). The van der Waals surface area contributed by atoms with Crippen LogP contribution >= 0.6 is 0 Å². The molecule has 0 radical (unpaired) electrons. The second kappa shape index (κ2) is 2.82. The predicted molar refractivity (Wildman–Crippen MR) is 35.4 cm³/mol. The van der Waals surface area contributed by atoms with Crippen molar-refractivity contribution >= 4 is 6.72 Å². The number of nitrogens with one attached hydrogen (secondary N) is 1. The normalized spacial score (nSPS) is 28.2. The van der Waals surface area contributed by atoms with E-state index in [1.165, 1.54) is 19.4 Å². The third-order valence-electron chi connectivity index (χ3n) is 1.51. The topological polar surface area (TPSA) is 24.4 Å². The summed E-state index contributed by atoms with van der Waals surface area (Å²) in [5, 5.41) is 3.32. The van der Waals surface area contributed by atoms with Crippen LogP contribution in [0.25, 0.3) is 0 Å². The first-order valence-electron chi connectivity index (χ1n) is 3.09. The maximum atomic E-state index is 3.81. The molecule has 1 heterocycles. The highest BCUT2D eigenvalue weighted by atomic mass is 15.0. The Kier molecular flexibility index (Phi) is 2.03. The molecule has 1 saturated heterocycles. The van der Waals surface area contributed by atoms with Crippen LogP contribution in [0.3, 0.4) is 0 Å². The highest BCUT2D eigenvalue weighted by Gasteiger charge is 2.11. The van der Waals surface area contributed by atoms with Crippen molar-refractivity contribution in [1.82, 2.24) is 5.32 Å². The molecular formula is C6H12N2. The van der Waals surface area contributed by atoms with Gasteiger partial charge in [-0.05, 0) is 26.1 Å². The van der Waals surface area contributed by atoms with Crippen molar-refractivity contribution < 1.29 is 0 Å². The van der Waals surface area contributed by atoms with Gasteiger partial charge in [0.2, 0.25) is 0 Å². The molecule has 1 aliphatic rings. The standard InChI is InChI=1S/C6H12N2/c1-7-5-6-3-2-4-8-6/h6,8H,1-5H2/t6-/m0/s1. The van der Waals surface area contributed by atoms with Crippen molar-refractivity contribution in [3.8, 4) is 0 Å². The van der Waals surface area contributed by atoms with Gasteiger partial charge in [0.25, 0.3) is 0 Å². The number of hydrogen-bond donors (Lipinski definition) is 1. The molecule has 0 saturated carbocycles. The van der Waals surface area contributed by atoms with E-state index in [0.29, 0.717) is 6.04 Å². The predicted octanol–water partition coefficient (Wildman–Crippen LogP) is 0.439. The van der Waals surface area contributed by atoms with Gasteiger partial charge in [0.1, 0.15) is 0 Å². The highest BCUT2D eigenvalue weighted by Crippen LogP contribution is 2.03. The fourth-order valence-electron chi connectivity index (χ4n) is 1.07. The molecule has 2 heteroatoms. The van der Waals surface area contributed by atoms with Crippen LogP contribution in [0, 0.1) is 0 Å². The van der Waals surface area contributed by atoms with Crippen molar-refractivity contribution in [2.75, 3.05) is 13.1 Å². The second-order valence-corrected chi connectivity index (χ2v) is 2.20. The molecule has 0 aromatic rings. The summed E-state index contributed by atoms with van der Waals surface area (Å²) in [4.78, 5) is 3.81. The quantitative estimate of drug-likeness (QED) is 0.515. The first-order chi connectivity index (χ1) is 3.93. The zero-order chi connectivity index (χ0) is 5.82. The van der Waals surface area contributed by atoms with Crippen LogP contribution in [-0.4, -0.2) is 25.8 Å². The molecular weight excluding hydrogens is 100 g/mol. The SMILES string of the molecule is C=NC[C@@H]1CCCN1. The van der Waals surface area contributed by atoms with Crippen LogP contribution in [0.4, 0.5) is 0 Å². The van der Waals surface area contributed by atoms with Gasteiger partial charge >= 0.3 is 0 Å². The lowest BCUT2D eigenvalue weighted by atomic mass is 10.2. The zero-order valence-electron chi connectivity index (χ0n) is 5.06. The fraction of sp³-hybridized carbons (Fsp3) is 0.833. The summed E-state index contributed by atoms with van der Waals surface area (Å²) in [6.07, 6.45) is 2.58. The highest BCUT2D eigenvalue weighted by molar-refractivity contribution is 5.23. The summed E-state index contributed by atoms with van der Waals surface area (Å²) in [6.45, 7) is 5.49. The largest absolute Gasteiger partial charge is 0.312 e. The van der Waals surface area contributed by atoms with Crippen molar-refractivity contribution in [3.63, 3.8) is 0 Å². The average molecular weight is 112 g/mol. The molecule has 0 spiro atoms. The number of rotatable bonds is 2. The Labute approximate surface area is 50.0 Å². The van der Waals surface area contributed by atoms with Crippen molar-refractivity contribution in [1.29, 1.82) is 0 Å². The van der Waals surface area contributed by atoms with Crippen molar-refractivity contribution in [2.45, 2.75) is 18.9 Å². The Morgan fingerprint density at radius 3 is 3.12 bits per heavy atom. The molecule has 0 aliphatic carbocycles. The molecule has 0 unspecified atom stereocenters. The van der Waals surface area contributed by atoms with E-state index in [9.17, 15) is 0 Å². The second-order valence-electron chi connectivity index (χ2n) is 2.20. The van der Waals surface area contributed by atoms with E-state index >= 15 is 0 Å².